The Kier molecular flexibility index (Phi) is 4.41. The summed E-state index contributed by atoms with van der Waals surface area (Å²) >= 11 is 0. The van der Waals surface area contributed by atoms with Crippen LogP contribution in [0.4, 0.5) is 0 Å². The highest BCUT2D eigenvalue weighted by atomic mass is 16.5. The standard InChI is InChI=1S/C13H14O3/c1-10-7-8-11(12(9-10)15-2)5-4-6-13(14)16-3/h7-9H,6H2,1-3H3. The first-order valence-electron chi connectivity index (χ1n) is 4.87. The Bertz CT molecular complexity index is 438. The van der Waals surface area contributed by atoms with E-state index >= 15 is 0 Å². The number of rotatable bonds is 2. The number of methoxy groups -OCH3 is 2. The Morgan fingerprint density at radius 2 is 2.12 bits per heavy atom. The van der Waals surface area contributed by atoms with E-state index in [1.165, 1.54) is 7.11 Å². The number of hydrogen-bond acceptors (Lipinski definition) is 3. The molecule has 0 saturated heterocycles. The number of ether oxygens (including phenoxy) is 2. The zero-order valence-electron chi connectivity index (χ0n) is 9.66. The molecule has 0 unspecified atom stereocenters. The van der Waals surface area contributed by atoms with E-state index in [2.05, 4.69) is 16.6 Å². The van der Waals surface area contributed by atoms with E-state index in [4.69, 9.17) is 4.74 Å². The second-order valence-electron chi connectivity index (χ2n) is 3.26. The Hall–Kier alpha value is -1.95. The van der Waals surface area contributed by atoms with Gasteiger partial charge >= 0.3 is 5.97 Å². The highest BCUT2D eigenvalue weighted by Gasteiger charge is 2.00. The lowest BCUT2D eigenvalue weighted by atomic mass is 10.1. The first-order chi connectivity index (χ1) is 7.67. The van der Waals surface area contributed by atoms with E-state index < -0.39 is 0 Å². The minimum atomic E-state index is -0.335. The summed E-state index contributed by atoms with van der Waals surface area (Å²) in [5, 5.41) is 0. The molecule has 0 amide bonds. The molecule has 0 aliphatic heterocycles. The lowest BCUT2D eigenvalue weighted by Crippen LogP contribution is -1.97. The number of aryl methyl sites for hydroxylation is 1. The Morgan fingerprint density at radius 1 is 1.38 bits per heavy atom. The Morgan fingerprint density at radius 3 is 2.75 bits per heavy atom. The van der Waals surface area contributed by atoms with Gasteiger partial charge < -0.3 is 9.47 Å². The van der Waals surface area contributed by atoms with E-state index in [0.29, 0.717) is 0 Å². The Balaban J connectivity index is 2.84. The van der Waals surface area contributed by atoms with E-state index in [1.54, 1.807) is 7.11 Å². The van der Waals surface area contributed by atoms with Crippen molar-refractivity contribution in [1.29, 1.82) is 0 Å². The molecule has 3 heteroatoms. The summed E-state index contributed by atoms with van der Waals surface area (Å²) in [7, 11) is 2.94. The van der Waals surface area contributed by atoms with Gasteiger partial charge in [0.25, 0.3) is 0 Å². The lowest BCUT2D eigenvalue weighted by Gasteiger charge is -2.03. The summed E-state index contributed by atoms with van der Waals surface area (Å²) in [6.45, 7) is 1.98. The first kappa shape index (κ1) is 12.1. The van der Waals surface area contributed by atoms with Crippen LogP contribution in [-0.2, 0) is 9.53 Å². The van der Waals surface area contributed by atoms with Gasteiger partial charge in [0.05, 0.1) is 19.8 Å². The number of benzene rings is 1. The molecule has 0 bridgehead atoms. The SMILES string of the molecule is COC(=O)CC#Cc1ccc(C)cc1OC. The van der Waals surface area contributed by atoms with Crippen LogP contribution in [0.5, 0.6) is 5.75 Å². The molecular weight excluding hydrogens is 204 g/mol. The minimum Gasteiger partial charge on any atom is -0.495 e. The van der Waals surface area contributed by atoms with Gasteiger partial charge in [0.1, 0.15) is 12.2 Å². The van der Waals surface area contributed by atoms with Crippen LogP contribution in [0.15, 0.2) is 18.2 Å². The highest BCUT2D eigenvalue weighted by Crippen LogP contribution is 2.18. The quantitative estimate of drug-likeness (QED) is 0.562. The Labute approximate surface area is 95.4 Å². The molecule has 0 radical (unpaired) electrons. The maximum Gasteiger partial charge on any atom is 0.317 e. The number of carbonyl (C=O) groups excluding carboxylic acids is 1. The fourth-order valence-corrected chi connectivity index (χ4v) is 1.19. The zero-order valence-corrected chi connectivity index (χ0v) is 9.66. The van der Waals surface area contributed by atoms with E-state index in [9.17, 15) is 4.79 Å². The molecule has 1 rings (SSSR count). The van der Waals surface area contributed by atoms with Crippen molar-refractivity contribution in [2.45, 2.75) is 13.3 Å². The molecule has 3 nitrogen and oxygen atoms in total. The van der Waals surface area contributed by atoms with Crippen molar-refractivity contribution in [2.24, 2.45) is 0 Å². The molecule has 84 valence electrons. The van der Waals surface area contributed by atoms with Crippen LogP contribution in [0.25, 0.3) is 0 Å². The van der Waals surface area contributed by atoms with Gasteiger partial charge in [-0.25, -0.2) is 0 Å². The summed E-state index contributed by atoms with van der Waals surface area (Å²) in [6.07, 6.45) is 0.0908. The van der Waals surface area contributed by atoms with Crippen molar-refractivity contribution < 1.29 is 14.3 Å². The van der Waals surface area contributed by atoms with Gasteiger partial charge in [-0.05, 0) is 24.6 Å². The van der Waals surface area contributed by atoms with Crippen LogP contribution in [0.2, 0.25) is 0 Å². The van der Waals surface area contributed by atoms with E-state index in [-0.39, 0.29) is 12.4 Å². The van der Waals surface area contributed by atoms with Crippen molar-refractivity contribution >= 4 is 5.97 Å². The molecule has 0 atom stereocenters. The second kappa shape index (κ2) is 5.82. The molecule has 0 saturated carbocycles. The average molecular weight is 218 g/mol. The predicted octanol–water partition coefficient (Wildman–Crippen LogP) is 1.92. The number of esters is 1. The molecule has 0 heterocycles. The predicted molar refractivity (Wildman–Crippen MR) is 61.2 cm³/mol. The molecule has 1 aromatic carbocycles. The molecule has 0 aromatic heterocycles. The highest BCUT2D eigenvalue weighted by molar-refractivity contribution is 5.72. The van der Waals surface area contributed by atoms with Crippen molar-refractivity contribution in [3.8, 4) is 17.6 Å². The zero-order chi connectivity index (χ0) is 12.0. The first-order valence-corrected chi connectivity index (χ1v) is 4.87. The molecule has 0 aliphatic rings. The summed E-state index contributed by atoms with van der Waals surface area (Å²) in [6, 6.07) is 5.73. The largest absolute Gasteiger partial charge is 0.495 e. The minimum absolute atomic E-state index is 0.0908. The second-order valence-corrected chi connectivity index (χ2v) is 3.26. The van der Waals surface area contributed by atoms with Gasteiger partial charge in [-0.3, -0.25) is 4.79 Å². The van der Waals surface area contributed by atoms with E-state index in [0.717, 1.165) is 16.9 Å². The summed E-state index contributed by atoms with van der Waals surface area (Å²) in [5.74, 6) is 6.01. The van der Waals surface area contributed by atoms with E-state index in [1.807, 2.05) is 25.1 Å². The smallest absolute Gasteiger partial charge is 0.317 e. The molecule has 0 N–H and O–H groups in total. The van der Waals surface area contributed by atoms with Crippen molar-refractivity contribution in [3.05, 3.63) is 29.3 Å². The number of hydrogen-bond donors (Lipinski definition) is 0. The van der Waals surface area contributed by atoms with Gasteiger partial charge in [0, 0.05) is 0 Å². The summed E-state index contributed by atoms with van der Waals surface area (Å²) in [4.78, 5) is 10.9. The average Bonchev–Trinajstić information content (AvgIpc) is 2.30. The molecule has 1 aromatic rings. The van der Waals surface area contributed by atoms with Gasteiger partial charge in [0.15, 0.2) is 0 Å². The third kappa shape index (κ3) is 3.32. The fraction of sp³-hybridized carbons (Fsp3) is 0.308. The maximum absolute atomic E-state index is 10.9. The third-order valence-corrected chi connectivity index (χ3v) is 2.04. The van der Waals surface area contributed by atoms with Crippen molar-refractivity contribution in [3.63, 3.8) is 0 Å². The fourth-order valence-electron chi connectivity index (χ4n) is 1.19. The number of carbonyl (C=O) groups is 1. The molecule has 16 heavy (non-hydrogen) atoms. The topological polar surface area (TPSA) is 35.5 Å². The maximum atomic E-state index is 10.9. The van der Waals surface area contributed by atoms with Crippen LogP contribution < -0.4 is 4.74 Å². The molecule has 0 aliphatic carbocycles. The van der Waals surface area contributed by atoms with Gasteiger partial charge in [-0.2, -0.15) is 0 Å². The van der Waals surface area contributed by atoms with Gasteiger partial charge in [0.2, 0.25) is 0 Å². The molecule has 0 fully saturated rings. The van der Waals surface area contributed by atoms with Gasteiger partial charge in [-0.1, -0.05) is 17.9 Å². The normalized spacial score (nSPS) is 8.94. The van der Waals surface area contributed by atoms with Crippen LogP contribution >= 0.6 is 0 Å². The monoisotopic (exact) mass is 218 g/mol. The molecular formula is C13H14O3. The third-order valence-electron chi connectivity index (χ3n) is 2.04. The van der Waals surface area contributed by atoms with Crippen LogP contribution in [0.1, 0.15) is 17.5 Å². The van der Waals surface area contributed by atoms with Gasteiger partial charge in [-0.15, -0.1) is 0 Å². The lowest BCUT2D eigenvalue weighted by molar-refractivity contribution is -0.139. The van der Waals surface area contributed by atoms with Crippen LogP contribution in [0, 0.1) is 18.8 Å². The van der Waals surface area contributed by atoms with Crippen molar-refractivity contribution in [1.82, 2.24) is 0 Å². The molecule has 0 spiro atoms. The van der Waals surface area contributed by atoms with Crippen molar-refractivity contribution in [2.75, 3.05) is 14.2 Å². The summed E-state index contributed by atoms with van der Waals surface area (Å²) in [5.41, 5.74) is 1.88. The summed E-state index contributed by atoms with van der Waals surface area (Å²) < 4.78 is 9.68. The van der Waals surface area contributed by atoms with Crippen LogP contribution in [-0.4, -0.2) is 20.2 Å². The van der Waals surface area contributed by atoms with Crippen LogP contribution in [0.3, 0.4) is 0 Å².